The lowest BCUT2D eigenvalue weighted by Gasteiger charge is -1.97. The summed E-state index contributed by atoms with van der Waals surface area (Å²) >= 11 is 7.32. The lowest BCUT2D eigenvalue weighted by Crippen LogP contribution is -2.15. The normalized spacial score (nSPS) is 11.2. The molecule has 2 N–H and O–H groups in total. The molecule has 0 aliphatic heterocycles. The van der Waals surface area contributed by atoms with E-state index in [2.05, 4.69) is 20.3 Å². The SMILES string of the molecule is Cc1cc(-c2c(C)[nH]n(-c3nc(-c4ccc(Cl)cc4)cs3)c2=O)n[nH]1. The summed E-state index contributed by atoms with van der Waals surface area (Å²) in [6, 6.07) is 9.30. The van der Waals surface area contributed by atoms with Gasteiger partial charge in [-0.3, -0.25) is 15.0 Å². The quantitative estimate of drug-likeness (QED) is 0.572. The van der Waals surface area contributed by atoms with Crippen molar-refractivity contribution in [2.75, 3.05) is 0 Å². The third-order valence-electron chi connectivity index (χ3n) is 3.86. The molecule has 0 amide bonds. The molecule has 1 aromatic carbocycles. The monoisotopic (exact) mass is 371 g/mol. The van der Waals surface area contributed by atoms with Crippen LogP contribution < -0.4 is 5.56 Å². The minimum absolute atomic E-state index is 0.166. The van der Waals surface area contributed by atoms with Gasteiger partial charge in [0.1, 0.15) is 0 Å². The fraction of sp³-hybridized carbons (Fsp3) is 0.118. The van der Waals surface area contributed by atoms with Crippen LogP contribution in [0.5, 0.6) is 0 Å². The average molecular weight is 372 g/mol. The van der Waals surface area contributed by atoms with E-state index in [9.17, 15) is 4.79 Å². The molecule has 0 saturated heterocycles. The fourth-order valence-electron chi connectivity index (χ4n) is 2.65. The second kappa shape index (κ2) is 6.02. The average Bonchev–Trinajstić information content (AvgIpc) is 3.28. The molecule has 25 heavy (non-hydrogen) atoms. The molecule has 4 rings (SSSR count). The standard InChI is InChI=1S/C17H14ClN5OS/c1-9-7-13(21-20-9)15-10(2)22-23(16(15)24)17-19-14(8-25-17)11-3-5-12(18)6-4-11/h3-8,22H,1-2H3,(H,20,21). The van der Waals surface area contributed by atoms with Crippen molar-refractivity contribution >= 4 is 22.9 Å². The summed E-state index contributed by atoms with van der Waals surface area (Å²) in [5.74, 6) is 0. The molecule has 0 fully saturated rings. The Hall–Kier alpha value is -2.64. The van der Waals surface area contributed by atoms with Crippen LogP contribution in [0.15, 0.2) is 40.5 Å². The van der Waals surface area contributed by atoms with Crippen LogP contribution in [0.4, 0.5) is 0 Å². The predicted octanol–water partition coefficient (Wildman–Crippen LogP) is 3.95. The molecule has 0 aliphatic carbocycles. The van der Waals surface area contributed by atoms with Gasteiger partial charge in [0, 0.05) is 27.4 Å². The summed E-state index contributed by atoms with van der Waals surface area (Å²) in [6.45, 7) is 3.75. The third kappa shape index (κ3) is 2.81. The van der Waals surface area contributed by atoms with Crippen molar-refractivity contribution in [3.05, 3.63) is 62.5 Å². The van der Waals surface area contributed by atoms with Crippen molar-refractivity contribution in [2.24, 2.45) is 0 Å². The van der Waals surface area contributed by atoms with Crippen LogP contribution in [-0.4, -0.2) is 25.0 Å². The van der Waals surface area contributed by atoms with Crippen LogP contribution in [-0.2, 0) is 0 Å². The van der Waals surface area contributed by atoms with E-state index in [1.807, 2.05) is 49.6 Å². The van der Waals surface area contributed by atoms with Crippen molar-refractivity contribution in [1.82, 2.24) is 25.0 Å². The molecule has 0 atom stereocenters. The highest BCUT2D eigenvalue weighted by atomic mass is 35.5. The molecule has 0 aliphatic rings. The molecular formula is C17H14ClN5OS. The highest BCUT2D eigenvalue weighted by Crippen LogP contribution is 2.25. The van der Waals surface area contributed by atoms with Gasteiger partial charge in [0.2, 0.25) is 5.13 Å². The maximum atomic E-state index is 12.8. The Morgan fingerprint density at radius 2 is 1.92 bits per heavy atom. The number of nitrogens with one attached hydrogen (secondary N) is 2. The first-order valence-corrected chi connectivity index (χ1v) is 8.84. The van der Waals surface area contributed by atoms with Crippen LogP contribution >= 0.6 is 22.9 Å². The van der Waals surface area contributed by atoms with Crippen molar-refractivity contribution in [3.63, 3.8) is 0 Å². The Morgan fingerprint density at radius 3 is 2.60 bits per heavy atom. The van der Waals surface area contributed by atoms with Gasteiger partial charge >= 0.3 is 0 Å². The van der Waals surface area contributed by atoms with Gasteiger partial charge in [-0.25, -0.2) is 4.98 Å². The number of nitrogens with zero attached hydrogens (tertiary/aromatic N) is 3. The number of aryl methyl sites for hydroxylation is 2. The Morgan fingerprint density at radius 1 is 1.16 bits per heavy atom. The number of halogens is 1. The van der Waals surface area contributed by atoms with Gasteiger partial charge in [0.05, 0.1) is 17.0 Å². The Labute approximate surface area is 152 Å². The van der Waals surface area contributed by atoms with E-state index < -0.39 is 0 Å². The summed E-state index contributed by atoms with van der Waals surface area (Å²) in [5, 5.41) is 13.3. The zero-order chi connectivity index (χ0) is 17.6. The fourth-order valence-corrected chi connectivity index (χ4v) is 3.57. The lowest BCUT2D eigenvalue weighted by atomic mass is 10.2. The first-order chi connectivity index (χ1) is 12.0. The van der Waals surface area contributed by atoms with Gasteiger partial charge in [0.15, 0.2) is 0 Å². The second-order valence-corrected chi connectivity index (χ2v) is 6.98. The molecule has 0 saturated carbocycles. The van der Waals surface area contributed by atoms with Gasteiger partial charge in [0.25, 0.3) is 5.56 Å². The molecule has 0 radical (unpaired) electrons. The van der Waals surface area contributed by atoms with Crippen molar-refractivity contribution < 1.29 is 0 Å². The number of benzene rings is 1. The zero-order valence-electron chi connectivity index (χ0n) is 13.5. The highest BCUT2D eigenvalue weighted by molar-refractivity contribution is 7.12. The van der Waals surface area contributed by atoms with Crippen LogP contribution in [0.1, 0.15) is 11.4 Å². The number of hydrogen-bond donors (Lipinski definition) is 2. The molecule has 0 spiro atoms. The summed E-state index contributed by atoms with van der Waals surface area (Å²) in [7, 11) is 0. The smallest absolute Gasteiger partial charge is 0.283 e. The number of aromatic nitrogens is 5. The van der Waals surface area contributed by atoms with E-state index in [1.54, 1.807) is 0 Å². The van der Waals surface area contributed by atoms with E-state index in [0.29, 0.717) is 21.4 Å². The zero-order valence-corrected chi connectivity index (χ0v) is 15.1. The number of aromatic amines is 2. The summed E-state index contributed by atoms with van der Waals surface area (Å²) in [6.07, 6.45) is 0. The largest absolute Gasteiger partial charge is 0.293 e. The Kier molecular flexibility index (Phi) is 3.82. The topological polar surface area (TPSA) is 79.4 Å². The number of H-pyrrole nitrogens is 2. The summed E-state index contributed by atoms with van der Waals surface area (Å²) < 4.78 is 1.46. The van der Waals surface area contributed by atoms with Gasteiger partial charge in [-0.2, -0.15) is 9.78 Å². The first kappa shape index (κ1) is 15.9. The third-order valence-corrected chi connectivity index (χ3v) is 4.93. The maximum Gasteiger partial charge on any atom is 0.283 e. The van der Waals surface area contributed by atoms with Crippen LogP contribution in [0.2, 0.25) is 5.02 Å². The van der Waals surface area contributed by atoms with Crippen LogP contribution in [0.3, 0.4) is 0 Å². The van der Waals surface area contributed by atoms with Crippen LogP contribution in [0.25, 0.3) is 27.6 Å². The Bertz CT molecular complexity index is 1100. The minimum Gasteiger partial charge on any atom is -0.293 e. The molecule has 126 valence electrons. The van der Waals surface area contributed by atoms with E-state index in [0.717, 1.165) is 22.6 Å². The van der Waals surface area contributed by atoms with Crippen molar-refractivity contribution in [2.45, 2.75) is 13.8 Å². The number of hydrogen-bond acceptors (Lipinski definition) is 4. The van der Waals surface area contributed by atoms with Gasteiger partial charge < -0.3 is 0 Å². The molecule has 6 nitrogen and oxygen atoms in total. The highest BCUT2D eigenvalue weighted by Gasteiger charge is 2.18. The van der Waals surface area contributed by atoms with Gasteiger partial charge in [-0.05, 0) is 32.0 Å². The number of rotatable bonds is 3. The predicted molar refractivity (Wildman–Crippen MR) is 99.6 cm³/mol. The first-order valence-electron chi connectivity index (χ1n) is 7.59. The van der Waals surface area contributed by atoms with Crippen molar-refractivity contribution in [1.29, 1.82) is 0 Å². The molecule has 0 unspecified atom stereocenters. The number of thiazole rings is 1. The van der Waals surface area contributed by atoms with Gasteiger partial charge in [-0.15, -0.1) is 11.3 Å². The second-order valence-electron chi connectivity index (χ2n) is 5.71. The van der Waals surface area contributed by atoms with Crippen molar-refractivity contribution in [3.8, 4) is 27.6 Å². The summed E-state index contributed by atoms with van der Waals surface area (Å²) in [5.41, 5.74) is 4.41. The van der Waals surface area contributed by atoms with E-state index >= 15 is 0 Å². The molecule has 8 heteroatoms. The Balaban J connectivity index is 1.76. The van der Waals surface area contributed by atoms with Crippen LogP contribution in [0, 0.1) is 13.8 Å². The maximum absolute atomic E-state index is 12.8. The lowest BCUT2D eigenvalue weighted by molar-refractivity contribution is 0.827. The molecule has 3 aromatic heterocycles. The van der Waals surface area contributed by atoms with E-state index in [1.165, 1.54) is 16.0 Å². The molecule has 0 bridgehead atoms. The summed E-state index contributed by atoms with van der Waals surface area (Å²) in [4.78, 5) is 17.4. The van der Waals surface area contributed by atoms with E-state index in [4.69, 9.17) is 11.6 Å². The minimum atomic E-state index is -0.166. The molecule has 3 heterocycles. The van der Waals surface area contributed by atoms with E-state index in [-0.39, 0.29) is 5.56 Å². The molecule has 4 aromatic rings. The molecular weight excluding hydrogens is 358 g/mol. The van der Waals surface area contributed by atoms with Gasteiger partial charge in [-0.1, -0.05) is 23.7 Å².